The van der Waals surface area contributed by atoms with Gasteiger partial charge in [-0.25, -0.2) is 0 Å². The largest absolute Gasteiger partial charge is 0.340 e. The Morgan fingerprint density at radius 1 is 1.11 bits per heavy atom. The summed E-state index contributed by atoms with van der Waals surface area (Å²) in [6.07, 6.45) is 5.92. The fourth-order valence-electron chi connectivity index (χ4n) is 3.97. The number of hydrogen-bond acceptors (Lipinski definition) is 5. The molecule has 3 rings (SSSR count). The van der Waals surface area contributed by atoms with Crippen molar-refractivity contribution in [2.45, 2.75) is 64.0 Å². The molecule has 0 saturated carbocycles. The molecule has 0 radical (unpaired) electrons. The molecule has 1 unspecified atom stereocenters. The quantitative estimate of drug-likeness (QED) is 0.805. The molecule has 2 aliphatic heterocycles. The van der Waals surface area contributed by atoms with Crippen molar-refractivity contribution in [2.75, 3.05) is 26.2 Å². The van der Waals surface area contributed by atoms with E-state index in [9.17, 15) is 4.79 Å². The van der Waals surface area contributed by atoms with Crippen LogP contribution in [0.15, 0.2) is 0 Å². The lowest BCUT2D eigenvalue weighted by molar-refractivity contribution is -0.137. The average molecular weight is 421 g/mol. The summed E-state index contributed by atoms with van der Waals surface area (Å²) < 4.78 is 2.14. The van der Waals surface area contributed by atoms with E-state index in [1.54, 1.807) is 13.8 Å². The number of halogens is 2. The highest BCUT2D eigenvalue weighted by molar-refractivity contribution is 5.86. The molecule has 1 aromatic rings. The summed E-state index contributed by atoms with van der Waals surface area (Å²) >= 11 is 0. The maximum Gasteiger partial charge on any atom is 0.242 e. The molecule has 3 heterocycles. The van der Waals surface area contributed by atoms with E-state index in [4.69, 9.17) is 5.73 Å². The van der Waals surface area contributed by atoms with Crippen molar-refractivity contribution in [1.82, 2.24) is 24.6 Å². The van der Waals surface area contributed by atoms with Crippen LogP contribution in [-0.4, -0.2) is 62.2 Å². The van der Waals surface area contributed by atoms with Crippen molar-refractivity contribution >= 4 is 30.7 Å². The van der Waals surface area contributed by atoms with Crippen molar-refractivity contribution < 1.29 is 4.79 Å². The van der Waals surface area contributed by atoms with Gasteiger partial charge in [-0.3, -0.25) is 9.69 Å². The molecule has 1 amide bonds. The summed E-state index contributed by atoms with van der Waals surface area (Å²) in [4.78, 5) is 16.9. The Hall–Kier alpha value is -0.890. The molecule has 0 aromatic carbocycles. The summed E-state index contributed by atoms with van der Waals surface area (Å²) in [5, 5.41) is 8.92. The Labute approximate surface area is 174 Å². The molecule has 0 aliphatic carbocycles. The molecule has 0 bridgehead atoms. The zero-order chi connectivity index (χ0) is 18.0. The molecular weight excluding hydrogens is 387 g/mol. The first kappa shape index (κ1) is 24.1. The number of nitrogens with two attached hydrogens (primary N) is 1. The van der Waals surface area contributed by atoms with Gasteiger partial charge in [-0.15, -0.1) is 35.0 Å². The molecule has 2 N–H and O–H groups in total. The van der Waals surface area contributed by atoms with Gasteiger partial charge in [0, 0.05) is 26.1 Å². The van der Waals surface area contributed by atoms with Crippen LogP contribution < -0.4 is 5.73 Å². The first-order valence-corrected chi connectivity index (χ1v) is 9.55. The summed E-state index contributed by atoms with van der Waals surface area (Å²) in [5.41, 5.74) is 5.18. The topological polar surface area (TPSA) is 80.3 Å². The number of carbonyl (C=O) groups is 1. The zero-order valence-electron chi connectivity index (χ0n) is 16.7. The molecule has 27 heavy (non-hydrogen) atoms. The summed E-state index contributed by atoms with van der Waals surface area (Å²) in [6.45, 7) is 8.20. The highest BCUT2D eigenvalue weighted by atomic mass is 35.5. The minimum atomic E-state index is -0.818. The fourth-order valence-corrected chi connectivity index (χ4v) is 3.97. The van der Waals surface area contributed by atoms with Crippen molar-refractivity contribution in [3.63, 3.8) is 0 Å². The van der Waals surface area contributed by atoms with Crippen molar-refractivity contribution in [1.29, 1.82) is 0 Å². The van der Waals surface area contributed by atoms with Gasteiger partial charge >= 0.3 is 0 Å². The molecule has 156 valence electrons. The number of piperidine rings is 2. The predicted octanol–water partition coefficient (Wildman–Crippen LogP) is 2.09. The van der Waals surface area contributed by atoms with Crippen LogP contribution in [0.2, 0.25) is 0 Å². The van der Waals surface area contributed by atoms with E-state index in [2.05, 4.69) is 26.7 Å². The van der Waals surface area contributed by atoms with Crippen LogP contribution in [0.25, 0.3) is 0 Å². The third-order valence-corrected chi connectivity index (χ3v) is 5.44. The van der Waals surface area contributed by atoms with Gasteiger partial charge in [-0.05, 0) is 52.6 Å². The lowest BCUT2D eigenvalue weighted by atomic mass is 9.95. The van der Waals surface area contributed by atoms with Crippen LogP contribution in [0.3, 0.4) is 0 Å². The van der Waals surface area contributed by atoms with Crippen molar-refractivity contribution in [2.24, 2.45) is 12.8 Å². The monoisotopic (exact) mass is 420 g/mol. The molecule has 7 nitrogen and oxygen atoms in total. The Kier molecular flexibility index (Phi) is 8.99. The number of hydrogen-bond donors (Lipinski definition) is 1. The highest BCUT2D eigenvalue weighted by Crippen LogP contribution is 2.27. The predicted molar refractivity (Wildman–Crippen MR) is 111 cm³/mol. The molecule has 1 atom stereocenters. The van der Waals surface area contributed by atoms with E-state index >= 15 is 0 Å². The van der Waals surface area contributed by atoms with E-state index in [1.807, 2.05) is 4.90 Å². The number of carbonyl (C=O) groups excluding carboxylic acids is 1. The summed E-state index contributed by atoms with van der Waals surface area (Å²) in [5.74, 6) is 2.29. The van der Waals surface area contributed by atoms with E-state index in [0.29, 0.717) is 6.54 Å². The highest BCUT2D eigenvalue weighted by Gasteiger charge is 2.33. The number of likely N-dealkylation sites (tertiary alicyclic amines) is 2. The fraction of sp³-hybridized carbons (Fsp3) is 0.833. The van der Waals surface area contributed by atoms with Crippen LogP contribution in [0, 0.1) is 0 Å². The minimum Gasteiger partial charge on any atom is -0.340 e. The van der Waals surface area contributed by atoms with Gasteiger partial charge in [-0.2, -0.15) is 0 Å². The second-order valence-corrected chi connectivity index (χ2v) is 8.18. The van der Waals surface area contributed by atoms with Crippen LogP contribution in [-0.2, 0) is 18.4 Å². The van der Waals surface area contributed by atoms with Crippen LogP contribution in [0.5, 0.6) is 0 Å². The second-order valence-electron chi connectivity index (χ2n) is 8.18. The van der Waals surface area contributed by atoms with Crippen LogP contribution >= 0.6 is 24.8 Å². The molecule has 0 spiro atoms. The third-order valence-electron chi connectivity index (χ3n) is 5.44. The Bertz CT molecular complexity index is 609. The van der Waals surface area contributed by atoms with Gasteiger partial charge in [0.15, 0.2) is 0 Å². The Balaban J connectivity index is 0.00000182. The van der Waals surface area contributed by atoms with Gasteiger partial charge in [-0.1, -0.05) is 6.42 Å². The number of aromatic nitrogens is 3. The average Bonchev–Trinajstić information content (AvgIpc) is 2.95. The van der Waals surface area contributed by atoms with Crippen molar-refractivity contribution in [3.05, 3.63) is 11.6 Å². The molecular formula is C18H34Cl2N6O. The van der Waals surface area contributed by atoms with Crippen LogP contribution in [0.1, 0.15) is 63.5 Å². The molecule has 2 saturated heterocycles. The maximum absolute atomic E-state index is 12.5. The molecule has 2 fully saturated rings. The van der Waals surface area contributed by atoms with Gasteiger partial charge in [0.05, 0.1) is 12.1 Å². The molecule has 2 aliphatic rings. The first-order valence-electron chi connectivity index (χ1n) is 9.55. The lowest BCUT2D eigenvalue weighted by Gasteiger charge is -2.36. The van der Waals surface area contributed by atoms with Gasteiger partial charge in [0.25, 0.3) is 0 Å². The number of amides is 1. The van der Waals surface area contributed by atoms with Gasteiger partial charge < -0.3 is 15.2 Å². The number of nitrogens with zero attached hydrogens (tertiary/aromatic N) is 5. The van der Waals surface area contributed by atoms with E-state index in [1.165, 1.54) is 19.3 Å². The first-order chi connectivity index (χ1) is 11.9. The van der Waals surface area contributed by atoms with Gasteiger partial charge in [0.1, 0.15) is 11.6 Å². The van der Waals surface area contributed by atoms with E-state index in [-0.39, 0.29) is 36.6 Å². The van der Waals surface area contributed by atoms with Crippen LogP contribution in [0.4, 0.5) is 0 Å². The Morgan fingerprint density at radius 3 is 2.41 bits per heavy atom. The summed E-state index contributed by atoms with van der Waals surface area (Å²) in [6, 6.07) is 0. The second kappa shape index (κ2) is 10.0. The smallest absolute Gasteiger partial charge is 0.242 e. The van der Waals surface area contributed by atoms with E-state index < -0.39 is 5.54 Å². The Morgan fingerprint density at radius 2 is 1.78 bits per heavy atom. The minimum absolute atomic E-state index is 0. The SMILES string of the molecule is Cl.Cl.Cn1c(CN2CCCCC2)nnc1C1CCCN(C(=O)C(C)(C)N)C1. The maximum atomic E-state index is 12.5. The van der Waals surface area contributed by atoms with Crippen molar-refractivity contribution in [3.8, 4) is 0 Å². The number of rotatable bonds is 4. The van der Waals surface area contributed by atoms with E-state index in [0.717, 1.165) is 50.7 Å². The van der Waals surface area contributed by atoms with Gasteiger partial charge in [0.2, 0.25) is 5.91 Å². The lowest BCUT2D eigenvalue weighted by Crippen LogP contribution is -2.53. The molecule has 9 heteroatoms. The standard InChI is InChI=1S/C18H32N6O.2ClH/c1-18(2,19)17(25)24-11-7-8-14(12-24)16-21-20-15(22(16)3)13-23-9-5-4-6-10-23;;/h14H,4-13,19H2,1-3H3;2*1H. The zero-order valence-corrected chi connectivity index (χ0v) is 18.3. The third kappa shape index (κ3) is 5.79. The summed E-state index contributed by atoms with van der Waals surface area (Å²) in [7, 11) is 2.06. The normalized spacial score (nSPS) is 21.3. The molecule has 1 aromatic heterocycles.